The van der Waals surface area contributed by atoms with E-state index >= 15 is 0 Å². The average Bonchev–Trinajstić information content (AvgIpc) is 2.88. The van der Waals surface area contributed by atoms with Crippen molar-refractivity contribution in [3.63, 3.8) is 0 Å². The van der Waals surface area contributed by atoms with Gasteiger partial charge in [-0.15, -0.1) is 0 Å². The van der Waals surface area contributed by atoms with Crippen molar-refractivity contribution in [2.24, 2.45) is 11.1 Å². The van der Waals surface area contributed by atoms with E-state index in [1.165, 1.54) is 0 Å². The highest BCUT2D eigenvalue weighted by Crippen LogP contribution is 2.29. The van der Waals surface area contributed by atoms with Gasteiger partial charge in [0.2, 0.25) is 0 Å². The van der Waals surface area contributed by atoms with E-state index in [-0.39, 0.29) is 6.10 Å². The summed E-state index contributed by atoms with van der Waals surface area (Å²) in [7, 11) is 2.06. The minimum Gasteiger partial charge on any atom is -0.478 e. The summed E-state index contributed by atoms with van der Waals surface area (Å²) in [5, 5.41) is 13.0. The number of carboxylic acid groups (broad SMARTS) is 1. The second-order valence-corrected chi connectivity index (χ2v) is 4.83. The molecule has 5 nitrogen and oxygen atoms in total. The van der Waals surface area contributed by atoms with Gasteiger partial charge in [0.05, 0.1) is 17.2 Å². The van der Waals surface area contributed by atoms with Crippen LogP contribution in [0.25, 0.3) is 0 Å². The summed E-state index contributed by atoms with van der Waals surface area (Å²) >= 11 is 0. The molecule has 18 heavy (non-hydrogen) atoms. The lowest BCUT2D eigenvalue weighted by molar-refractivity contribution is 0.0697. The van der Waals surface area contributed by atoms with Gasteiger partial charge in [-0.05, 0) is 24.7 Å². The third-order valence-electron chi connectivity index (χ3n) is 3.51. The number of carbonyl (C=O) groups is 1. The summed E-state index contributed by atoms with van der Waals surface area (Å²) in [6.45, 7) is 1.83. The van der Waals surface area contributed by atoms with Crippen LogP contribution >= 0.6 is 0 Å². The van der Waals surface area contributed by atoms with Crippen molar-refractivity contribution in [1.29, 1.82) is 0 Å². The molecule has 0 amide bonds. The topological polar surface area (TPSA) is 62.1 Å². The largest absolute Gasteiger partial charge is 0.478 e. The Bertz CT molecular complexity index is 509. The number of rotatable bonds is 2. The van der Waals surface area contributed by atoms with Gasteiger partial charge in [0.15, 0.2) is 0 Å². The molecule has 2 aliphatic rings. The number of nitrogens with zero attached hydrogens (tertiary/aromatic N) is 2. The maximum Gasteiger partial charge on any atom is 0.335 e. The molecule has 1 fully saturated rings. The van der Waals surface area contributed by atoms with Crippen LogP contribution in [0.15, 0.2) is 29.4 Å². The van der Waals surface area contributed by atoms with Crippen molar-refractivity contribution in [3.05, 3.63) is 35.4 Å². The van der Waals surface area contributed by atoms with Crippen LogP contribution < -0.4 is 0 Å². The van der Waals surface area contributed by atoms with Gasteiger partial charge in [-0.1, -0.05) is 17.3 Å². The molecule has 0 spiro atoms. The molecule has 0 radical (unpaired) electrons. The van der Waals surface area contributed by atoms with Gasteiger partial charge in [0.1, 0.15) is 6.10 Å². The van der Waals surface area contributed by atoms with Gasteiger partial charge in [0, 0.05) is 13.1 Å². The number of aromatic carboxylic acids is 1. The fourth-order valence-corrected chi connectivity index (χ4v) is 2.57. The molecule has 1 aromatic carbocycles. The highest BCUT2D eigenvalue weighted by atomic mass is 16.6. The first-order valence-electron chi connectivity index (χ1n) is 5.91. The van der Waals surface area contributed by atoms with E-state index in [1.807, 2.05) is 0 Å². The Hall–Kier alpha value is -1.88. The number of benzene rings is 1. The van der Waals surface area contributed by atoms with Crippen LogP contribution in [-0.4, -0.2) is 47.9 Å². The Balaban J connectivity index is 1.85. The molecule has 2 aliphatic heterocycles. The normalized spacial score (nSPS) is 26.6. The number of likely N-dealkylation sites (N-methyl/N-ethyl adjacent to an activating group) is 1. The maximum absolute atomic E-state index is 10.8. The Labute approximate surface area is 105 Å². The maximum atomic E-state index is 10.8. The van der Waals surface area contributed by atoms with Gasteiger partial charge in [0.25, 0.3) is 0 Å². The molecular weight excluding hydrogens is 232 g/mol. The molecule has 0 bridgehead atoms. The molecule has 5 heteroatoms. The monoisotopic (exact) mass is 246 g/mol. The van der Waals surface area contributed by atoms with Gasteiger partial charge in [-0.2, -0.15) is 0 Å². The third kappa shape index (κ3) is 1.76. The smallest absolute Gasteiger partial charge is 0.335 e. The zero-order valence-electron chi connectivity index (χ0n) is 10.0. The van der Waals surface area contributed by atoms with E-state index < -0.39 is 5.97 Å². The molecule has 2 heterocycles. The fourth-order valence-electron chi connectivity index (χ4n) is 2.57. The van der Waals surface area contributed by atoms with E-state index in [9.17, 15) is 4.79 Å². The van der Waals surface area contributed by atoms with E-state index in [0.717, 1.165) is 24.4 Å². The lowest BCUT2D eigenvalue weighted by Gasteiger charge is -2.09. The average molecular weight is 246 g/mol. The molecule has 2 atom stereocenters. The summed E-state index contributed by atoms with van der Waals surface area (Å²) < 4.78 is 0. The first-order valence-corrected chi connectivity index (χ1v) is 5.91. The summed E-state index contributed by atoms with van der Waals surface area (Å²) in [5.74, 6) is -0.615. The fraction of sp³-hybridized carbons (Fsp3) is 0.385. The van der Waals surface area contributed by atoms with Gasteiger partial charge in [-0.3, -0.25) is 0 Å². The predicted octanol–water partition coefficient (Wildman–Crippen LogP) is 1.05. The molecule has 1 aromatic rings. The van der Waals surface area contributed by atoms with Gasteiger partial charge >= 0.3 is 5.97 Å². The molecular formula is C13H14N2O3. The molecule has 1 saturated heterocycles. The highest BCUT2D eigenvalue weighted by Gasteiger charge is 2.41. The van der Waals surface area contributed by atoms with Crippen molar-refractivity contribution in [2.75, 3.05) is 20.1 Å². The van der Waals surface area contributed by atoms with Crippen LogP contribution in [0.2, 0.25) is 0 Å². The SMILES string of the molecule is CN1CC2ON=C(c3ccc(C(=O)O)cc3)C2C1. The van der Waals surface area contributed by atoms with Crippen molar-refractivity contribution < 1.29 is 14.7 Å². The summed E-state index contributed by atoms with van der Waals surface area (Å²) in [6, 6.07) is 6.80. The van der Waals surface area contributed by atoms with Crippen molar-refractivity contribution in [3.8, 4) is 0 Å². The Kier molecular flexibility index (Phi) is 2.56. The van der Waals surface area contributed by atoms with E-state index in [0.29, 0.717) is 11.5 Å². The first kappa shape index (κ1) is 11.2. The standard InChI is InChI=1S/C13H14N2O3/c1-15-6-10-11(7-15)18-14-12(10)8-2-4-9(5-3-8)13(16)17/h2-5,10-11H,6-7H2,1H3,(H,16,17). The Morgan fingerprint density at radius 1 is 1.39 bits per heavy atom. The van der Waals surface area contributed by atoms with Crippen molar-refractivity contribution in [1.82, 2.24) is 4.90 Å². The van der Waals surface area contributed by atoms with Crippen LogP contribution in [-0.2, 0) is 4.84 Å². The lowest BCUT2D eigenvalue weighted by atomic mass is 9.94. The Morgan fingerprint density at radius 3 is 2.78 bits per heavy atom. The lowest BCUT2D eigenvalue weighted by Crippen LogP contribution is -2.21. The second kappa shape index (κ2) is 4.10. The molecule has 2 unspecified atom stereocenters. The predicted molar refractivity (Wildman–Crippen MR) is 65.8 cm³/mol. The molecule has 3 rings (SSSR count). The van der Waals surface area contributed by atoms with Crippen LogP contribution in [0.4, 0.5) is 0 Å². The second-order valence-electron chi connectivity index (χ2n) is 4.83. The van der Waals surface area contributed by atoms with Crippen molar-refractivity contribution in [2.45, 2.75) is 6.10 Å². The van der Waals surface area contributed by atoms with Crippen LogP contribution in [0.1, 0.15) is 15.9 Å². The van der Waals surface area contributed by atoms with Crippen LogP contribution in [0, 0.1) is 5.92 Å². The number of hydrogen-bond donors (Lipinski definition) is 1. The van der Waals surface area contributed by atoms with Crippen molar-refractivity contribution >= 4 is 11.7 Å². The van der Waals surface area contributed by atoms with Gasteiger partial charge in [-0.25, -0.2) is 4.79 Å². The highest BCUT2D eigenvalue weighted by molar-refractivity contribution is 6.04. The molecule has 94 valence electrons. The zero-order valence-corrected chi connectivity index (χ0v) is 10.0. The number of carboxylic acids is 1. The molecule has 0 saturated carbocycles. The van der Waals surface area contributed by atoms with Crippen LogP contribution in [0.3, 0.4) is 0 Å². The third-order valence-corrected chi connectivity index (χ3v) is 3.51. The van der Waals surface area contributed by atoms with Gasteiger partial charge < -0.3 is 14.8 Å². The summed E-state index contributed by atoms with van der Waals surface area (Å²) in [4.78, 5) is 18.4. The quantitative estimate of drug-likeness (QED) is 0.847. The summed E-state index contributed by atoms with van der Waals surface area (Å²) in [6.07, 6.45) is 0.143. The van der Waals surface area contributed by atoms with Crippen LogP contribution in [0.5, 0.6) is 0 Å². The number of oxime groups is 1. The first-order chi connectivity index (χ1) is 8.65. The Morgan fingerprint density at radius 2 is 2.11 bits per heavy atom. The van der Waals surface area contributed by atoms with E-state index in [4.69, 9.17) is 9.94 Å². The summed E-state index contributed by atoms with van der Waals surface area (Å²) in [5.41, 5.74) is 2.17. The molecule has 1 N–H and O–H groups in total. The minimum absolute atomic E-state index is 0.143. The number of fused-ring (bicyclic) bond motifs is 1. The van der Waals surface area contributed by atoms with E-state index in [1.54, 1.807) is 24.3 Å². The minimum atomic E-state index is -0.912. The number of hydrogen-bond acceptors (Lipinski definition) is 4. The molecule has 0 aromatic heterocycles. The zero-order chi connectivity index (χ0) is 12.7. The molecule has 0 aliphatic carbocycles. The van der Waals surface area contributed by atoms with E-state index in [2.05, 4.69) is 17.1 Å². The number of likely N-dealkylation sites (tertiary alicyclic amines) is 1.